The number of pyridine rings is 1. The Morgan fingerprint density at radius 2 is 2.06 bits per heavy atom. The fourth-order valence-corrected chi connectivity index (χ4v) is 3.88. The standard InChI is InChI=1S/C23H26N6O2/c1-6-29-20(10-11-24-29)14(2)25-23(30)18-13-19(16-8-7-9-17(12-16)31-5)26-22-21(18)15(3)27-28(22)4/h7-14H,6H2,1-5H3,(H,25,30)/t14-/m1/s1. The minimum atomic E-state index is -0.199. The van der Waals surface area contributed by atoms with E-state index in [4.69, 9.17) is 9.72 Å². The number of aryl methyl sites for hydroxylation is 3. The monoisotopic (exact) mass is 418 g/mol. The van der Waals surface area contributed by atoms with Crippen molar-refractivity contribution in [2.45, 2.75) is 33.4 Å². The molecule has 0 unspecified atom stereocenters. The molecule has 0 bridgehead atoms. The number of amides is 1. The van der Waals surface area contributed by atoms with E-state index in [9.17, 15) is 4.79 Å². The molecule has 1 aromatic carbocycles. The lowest BCUT2D eigenvalue weighted by Gasteiger charge is -2.16. The molecule has 0 radical (unpaired) electrons. The van der Waals surface area contributed by atoms with Crippen LogP contribution in [0.25, 0.3) is 22.3 Å². The van der Waals surface area contributed by atoms with Crippen LogP contribution in [0.3, 0.4) is 0 Å². The Hall–Kier alpha value is -3.68. The maximum absolute atomic E-state index is 13.4. The van der Waals surface area contributed by atoms with Gasteiger partial charge in [-0.1, -0.05) is 12.1 Å². The Labute approximate surface area is 180 Å². The SMILES string of the molecule is CCn1nccc1[C@@H](C)NC(=O)c1cc(-c2cccc(OC)c2)nc2c1c(C)nn2C. The zero-order chi connectivity index (χ0) is 22.1. The van der Waals surface area contributed by atoms with Crippen molar-refractivity contribution < 1.29 is 9.53 Å². The lowest BCUT2D eigenvalue weighted by Crippen LogP contribution is -2.28. The number of benzene rings is 1. The van der Waals surface area contributed by atoms with E-state index >= 15 is 0 Å². The average Bonchev–Trinajstić information content (AvgIpc) is 3.37. The van der Waals surface area contributed by atoms with Gasteiger partial charge in [0.1, 0.15) is 5.75 Å². The number of nitrogens with one attached hydrogen (secondary N) is 1. The largest absolute Gasteiger partial charge is 0.497 e. The van der Waals surface area contributed by atoms with Gasteiger partial charge >= 0.3 is 0 Å². The van der Waals surface area contributed by atoms with E-state index in [-0.39, 0.29) is 11.9 Å². The van der Waals surface area contributed by atoms with Gasteiger partial charge in [-0.05, 0) is 45.0 Å². The maximum atomic E-state index is 13.4. The number of carbonyl (C=O) groups excluding carboxylic acids is 1. The summed E-state index contributed by atoms with van der Waals surface area (Å²) >= 11 is 0. The first-order valence-corrected chi connectivity index (χ1v) is 10.2. The Balaban J connectivity index is 1.79. The molecule has 0 saturated heterocycles. The molecule has 8 nitrogen and oxygen atoms in total. The zero-order valence-corrected chi connectivity index (χ0v) is 18.4. The van der Waals surface area contributed by atoms with E-state index in [0.717, 1.165) is 34.6 Å². The lowest BCUT2D eigenvalue weighted by atomic mass is 10.0. The molecular formula is C23H26N6O2. The van der Waals surface area contributed by atoms with Crippen molar-refractivity contribution in [3.63, 3.8) is 0 Å². The van der Waals surface area contributed by atoms with Crippen LogP contribution < -0.4 is 10.1 Å². The number of hydrogen-bond donors (Lipinski definition) is 1. The molecule has 0 fully saturated rings. The first-order chi connectivity index (χ1) is 14.9. The van der Waals surface area contributed by atoms with Crippen LogP contribution in [0.5, 0.6) is 5.75 Å². The van der Waals surface area contributed by atoms with Gasteiger partial charge < -0.3 is 10.1 Å². The van der Waals surface area contributed by atoms with Crippen molar-refractivity contribution >= 4 is 16.9 Å². The second-order valence-corrected chi connectivity index (χ2v) is 7.46. The molecule has 4 rings (SSSR count). The summed E-state index contributed by atoms with van der Waals surface area (Å²) in [6.45, 7) is 6.61. The number of carbonyl (C=O) groups is 1. The Kier molecular flexibility index (Phi) is 5.46. The summed E-state index contributed by atoms with van der Waals surface area (Å²) in [4.78, 5) is 18.2. The summed E-state index contributed by atoms with van der Waals surface area (Å²) in [6.07, 6.45) is 1.75. The van der Waals surface area contributed by atoms with E-state index in [1.165, 1.54) is 0 Å². The molecule has 0 aliphatic carbocycles. The number of ether oxygens (including phenoxy) is 1. The first-order valence-electron chi connectivity index (χ1n) is 10.2. The van der Waals surface area contributed by atoms with Crippen molar-refractivity contribution in [3.05, 3.63) is 59.5 Å². The number of fused-ring (bicyclic) bond motifs is 1. The second kappa shape index (κ2) is 8.22. The summed E-state index contributed by atoms with van der Waals surface area (Å²) in [5.41, 5.74) is 4.48. The van der Waals surface area contributed by atoms with Crippen LogP contribution in [-0.4, -0.2) is 37.6 Å². The van der Waals surface area contributed by atoms with Gasteiger partial charge in [0.15, 0.2) is 5.65 Å². The third-order valence-electron chi connectivity index (χ3n) is 5.42. The fraction of sp³-hybridized carbons (Fsp3) is 0.304. The Morgan fingerprint density at radius 1 is 1.26 bits per heavy atom. The maximum Gasteiger partial charge on any atom is 0.252 e. The molecule has 8 heteroatoms. The molecule has 3 heterocycles. The number of aromatic nitrogens is 5. The van der Waals surface area contributed by atoms with Crippen molar-refractivity contribution in [1.82, 2.24) is 29.9 Å². The van der Waals surface area contributed by atoms with Gasteiger partial charge in [-0.25, -0.2) is 4.98 Å². The highest BCUT2D eigenvalue weighted by molar-refractivity contribution is 6.07. The number of methoxy groups -OCH3 is 1. The summed E-state index contributed by atoms with van der Waals surface area (Å²) in [7, 11) is 3.46. The van der Waals surface area contributed by atoms with Crippen LogP contribution in [0, 0.1) is 6.92 Å². The number of rotatable bonds is 6. The van der Waals surface area contributed by atoms with Crippen molar-refractivity contribution in [3.8, 4) is 17.0 Å². The average molecular weight is 419 g/mol. The minimum Gasteiger partial charge on any atom is -0.497 e. The minimum absolute atomic E-state index is 0.177. The van der Waals surface area contributed by atoms with Gasteiger partial charge in [-0.3, -0.25) is 14.2 Å². The third-order valence-corrected chi connectivity index (χ3v) is 5.42. The lowest BCUT2D eigenvalue weighted by molar-refractivity contribution is 0.0940. The molecule has 3 aromatic heterocycles. The van der Waals surface area contributed by atoms with Gasteiger partial charge in [-0.15, -0.1) is 0 Å². The van der Waals surface area contributed by atoms with E-state index in [0.29, 0.717) is 16.9 Å². The number of hydrogen-bond acceptors (Lipinski definition) is 5. The molecule has 4 aromatic rings. The van der Waals surface area contributed by atoms with E-state index < -0.39 is 0 Å². The van der Waals surface area contributed by atoms with Crippen molar-refractivity contribution in [1.29, 1.82) is 0 Å². The molecule has 0 spiro atoms. The predicted molar refractivity (Wildman–Crippen MR) is 119 cm³/mol. The molecule has 31 heavy (non-hydrogen) atoms. The van der Waals surface area contributed by atoms with Gasteiger partial charge in [-0.2, -0.15) is 10.2 Å². The van der Waals surface area contributed by atoms with Crippen LogP contribution >= 0.6 is 0 Å². The van der Waals surface area contributed by atoms with Gasteiger partial charge in [0, 0.05) is 25.4 Å². The van der Waals surface area contributed by atoms with Crippen LogP contribution in [0.1, 0.15) is 41.6 Å². The van der Waals surface area contributed by atoms with Crippen molar-refractivity contribution in [2.75, 3.05) is 7.11 Å². The quantitative estimate of drug-likeness (QED) is 0.516. The van der Waals surface area contributed by atoms with Crippen LogP contribution in [0.15, 0.2) is 42.6 Å². The van der Waals surface area contributed by atoms with Gasteiger partial charge in [0.2, 0.25) is 0 Å². The second-order valence-electron chi connectivity index (χ2n) is 7.46. The van der Waals surface area contributed by atoms with Gasteiger partial charge in [0.25, 0.3) is 5.91 Å². The summed E-state index contributed by atoms with van der Waals surface area (Å²) in [6, 6.07) is 11.2. The van der Waals surface area contributed by atoms with E-state index in [2.05, 4.69) is 15.5 Å². The van der Waals surface area contributed by atoms with Crippen LogP contribution in [0.4, 0.5) is 0 Å². The normalized spacial score (nSPS) is 12.2. The van der Waals surface area contributed by atoms with Crippen LogP contribution in [0.2, 0.25) is 0 Å². The zero-order valence-electron chi connectivity index (χ0n) is 18.4. The molecule has 0 saturated carbocycles. The topological polar surface area (TPSA) is 86.9 Å². The molecule has 160 valence electrons. The predicted octanol–water partition coefficient (Wildman–Crippen LogP) is 3.66. The summed E-state index contributed by atoms with van der Waals surface area (Å²) in [5.74, 6) is 0.553. The molecule has 1 N–H and O–H groups in total. The molecular weight excluding hydrogens is 392 g/mol. The fourth-order valence-electron chi connectivity index (χ4n) is 3.88. The van der Waals surface area contributed by atoms with Crippen molar-refractivity contribution in [2.24, 2.45) is 7.05 Å². The van der Waals surface area contributed by atoms with E-state index in [1.807, 2.05) is 68.9 Å². The Morgan fingerprint density at radius 3 is 2.81 bits per heavy atom. The highest BCUT2D eigenvalue weighted by Gasteiger charge is 2.22. The summed E-state index contributed by atoms with van der Waals surface area (Å²) in [5, 5.41) is 12.7. The Bertz CT molecular complexity index is 1260. The summed E-state index contributed by atoms with van der Waals surface area (Å²) < 4.78 is 8.94. The highest BCUT2D eigenvalue weighted by atomic mass is 16.5. The molecule has 1 amide bonds. The first kappa shape index (κ1) is 20.6. The molecule has 1 atom stereocenters. The third kappa shape index (κ3) is 3.76. The van der Waals surface area contributed by atoms with E-state index in [1.54, 1.807) is 18.0 Å². The van der Waals surface area contributed by atoms with Gasteiger partial charge in [0.05, 0.1) is 41.2 Å². The number of nitrogens with zero attached hydrogens (tertiary/aromatic N) is 5. The molecule has 0 aliphatic heterocycles. The highest BCUT2D eigenvalue weighted by Crippen LogP contribution is 2.29. The molecule has 0 aliphatic rings. The smallest absolute Gasteiger partial charge is 0.252 e. The van der Waals surface area contributed by atoms with Crippen LogP contribution in [-0.2, 0) is 13.6 Å².